The predicted molar refractivity (Wildman–Crippen MR) is 55.7 cm³/mol. The van der Waals surface area contributed by atoms with Crippen LogP contribution in [0, 0.1) is 11.5 Å². The molecule has 0 saturated carbocycles. The number of nitrogens with zero attached hydrogens (tertiary/aromatic N) is 2. The Kier molecular flexibility index (Phi) is 5.35. The van der Waals surface area contributed by atoms with Gasteiger partial charge in [0.15, 0.2) is 0 Å². The molecule has 0 heterocycles. The zero-order valence-electron chi connectivity index (χ0n) is 8.94. The van der Waals surface area contributed by atoms with Crippen LogP contribution in [0.25, 0.3) is 0 Å². The van der Waals surface area contributed by atoms with Crippen LogP contribution >= 0.6 is 0 Å². The number of quaternary nitrogens is 1. The smallest absolute Gasteiger partial charge is 0.283 e. The van der Waals surface area contributed by atoms with E-state index in [0.29, 0.717) is 0 Å². The lowest BCUT2D eigenvalue weighted by molar-refractivity contribution is -0.884. The van der Waals surface area contributed by atoms with Crippen LogP contribution in [0.2, 0.25) is 0 Å². The van der Waals surface area contributed by atoms with E-state index in [1.54, 1.807) is 0 Å². The third-order valence-corrected chi connectivity index (χ3v) is 1.50. The molecule has 1 N–H and O–H groups in total. The van der Waals surface area contributed by atoms with Crippen molar-refractivity contribution in [2.45, 2.75) is 6.54 Å². The van der Waals surface area contributed by atoms with Crippen LogP contribution in [-0.4, -0.2) is 30.7 Å². The number of benzene rings is 1. The van der Waals surface area contributed by atoms with Crippen molar-refractivity contribution in [3.05, 3.63) is 35.9 Å². The second-order valence-electron chi connectivity index (χ2n) is 4.03. The highest BCUT2D eigenvalue weighted by molar-refractivity contribution is 5.13. The van der Waals surface area contributed by atoms with E-state index in [9.17, 15) is 0 Å². The van der Waals surface area contributed by atoms with Crippen LogP contribution in [0.4, 0.5) is 0 Å². The van der Waals surface area contributed by atoms with E-state index in [1.807, 2.05) is 0 Å². The molecule has 3 nitrogen and oxygen atoms in total. The Morgan fingerprint density at radius 3 is 2.00 bits per heavy atom. The molecular weight excluding hydrogens is 176 g/mol. The van der Waals surface area contributed by atoms with Crippen molar-refractivity contribution in [3.63, 3.8) is 0 Å². The van der Waals surface area contributed by atoms with E-state index in [2.05, 4.69) is 51.5 Å². The molecule has 0 unspecified atom stereocenters. The van der Waals surface area contributed by atoms with E-state index < -0.39 is 0 Å². The Labute approximate surface area is 85.4 Å². The third kappa shape index (κ3) is 7.14. The Hall–Kier alpha value is -1.53. The number of aliphatic hydroxyl groups is 1. The zero-order valence-corrected chi connectivity index (χ0v) is 8.94. The van der Waals surface area contributed by atoms with Gasteiger partial charge in [-0.1, -0.05) is 30.3 Å². The molecule has 1 rings (SSSR count). The van der Waals surface area contributed by atoms with E-state index in [-0.39, 0.29) is 0 Å². The Morgan fingerprint density at radius 2 is 1.64 bits per heavy atom. The van der Waals surface area contributed by atoms with Crippen molar-refractivity contribution >= 4 is 0 Å². The number of hydrogen-bond donors (Lipinski definition) is 1. The average molecular weight is 193 g/mol. The molecule has 0 aliphatic carbocycles. The average Bonchev–Trinajstić information content (AvgIpc) is 2.04. The zero-order chi connectivity index (χ0) is 11.0. The first-order chi connectivity index (χ1) is 6.49. The van der Waals surface area contributed by atoms with Gasteiger partial charge in [0, 0.05) is 5.56 Å². The standard InChI is InChI=1S/C10H16N.CHNO/c1-11(2,3)9-10-7-5-4-6-8-10;2-1-3/h4-8H,9H2,1-3H3;3H/q+1;. The van der Waals surface area contributed by atoms with Gasteiger partial charge in [-0.3, -0.25) is 0 Å². The third-order valence-electron chi connectivity index (χ3n) is 1.50. The van der Waals surface area contributed by atoms with Gasteiger partial charge in [-0.05, 0) is 0 Å². The van der Waals surface area contributed by atoms with Crippen LogP contribution in [0.15, 0.2) is 30.3 Å². The largest absolute Gasteiger partial charge is 0.443 e. The summed E-state index contributed by atoms with van der Waals surface area (Å²) in [6, 6.07) is 10.6. The summed E-state index contributed by atoms with van der Waals surface area (Å²) in [5, 5.41) is 13.8. The Balaban J connectivity index is 0.000000500. The molecule has 0 aliphatic heterocycles. The molecule has 76 valence electrons. The van der Waals surface area contributed by atoms with Crippen molar-refractivity contribution < 1.29 is 9.59 Å². The molecule has 0 aromatic heterocycles. The highest BCUT2D eigenvalue weighted by Gasteiger charge is 2.06. The highest BCUT2D eigenvalue weighted by atomic mass is 16.2. The van der Waals surface area contributed by atoms with Crippen LogP contribution in [0.1, 0.15) is 5.56 Å². The predicted octanol–water partition coefficient (Wildman–Crippen LogP) is 1.73. The van der Waals surface area contributed by atoms with E-state index >= 15 is 0 Å². The molecule has 0 atom stereocenters. The molecule has 3 heteroatoms. The fourth-order valence-electron chi connectivity index (χ4n) is 1.13. The number of nitriles is 1. The molecule has 0 saturated heterocycles. The summed E-state index contributed by atoms with van der Waals surface area (Å²) < 4.78 is 0.990. The van der Waals surface area contributed by atoms with Crippen LogP contribution < -0.4 is 0 Å². The summed E-state index contributed by atoms with van der Waals surface area (Å²) in [6.45, 7) is 1.10. The molecule has 0 spiro atoms. The molecule has 0 fully saturated rings. The molecule has 0 amide bonds. The maximum Gasteiger partial charge on any atom is 0.283 e. The first kappa shape index (κ1) is 12.5. The molecule has 0 aliphatic rings. The van der Waals surface area contributed by atoms with Crippen molar-refractivity contribution in [2.24, 2.45) is 0 Å². The minimum absolute atomic E-state index is 0.750. The molecule has 1 aromatic rings. The van der Waals surface area contributed by atoms with Gasteiger partial charge in [-0.15, -0.1) is 0 Å². The molecular formula is C11H17N2O+. The number of hydrogen-bond acceptors (Lipinski definition) is 2. The lowest BCUT2D eigenvalue weighted by atomic mass is 10.2. The van der Waals surface area contributed by atoms with Crippen molar-refractivity contribution in [1.82, 2.24) is 0 Å². The first-order valence-corrected chi connectivity index (χ1v) is 4.37. The summed E-state index contributed by atoms with van der Waals surface area (Å²) in [7, 11) is 6.60. The van der Waals surface area contributed by atoms with Crippen LogP contribution in [-0.2, 0) is 6.54 Å². The van der Waals surface area contributed by atoms with E-state index in [1.165, 1.54) is 5.56 Å². The van der Waals surface area contributed by atoms with Crippen LogP contribution in [0.3, 0.4) is 0 Å². The summed E-state index contributed by atoms with van der Waals surface area (Å²) in [6.07, 6.45) is 0.750. The van der Waals surface area contributed by atoms with Gasteiger partial charge in [0.25, 0.3) is 6.26 Å². The van der Waals surface area contributed by atoms with Gasteiger partial charge in [-0.2, -0.15) is 5.26 Å². The van der Waals surface area contributed by atoms with Crippen LogP contribution in [0.5, 0.6) is 0 Å². The highest BCUT2D eigenvalue weighted by Crippen LogP contribution is 2.04. The molecule has 0 bridgehead atoms. The summed E-state index contributed by atoms with van der Waals surface area (Å²) in [5.41, 5.74) is 1.40. The maximum atomic E-state index is 6.88. The fraction of sp³-hybridized carbons (Fsp3) is 0.364. The lowest BCUT2D eigenvalue weighted by Crippen LogP contribution is -2.33. The first-order valence-electron chi connectivity index (χ1n) is 4.37. The Morgan fingerprint density at radius 1 is 1.21 bits per heavy atom. The SMILES string of the molecule is C[N+](C)(C)Cc1ccccc1.N#CO. The molecule has 1 aromatic carbocycles. The van der Waals surface area contributed by atoms with Crippen molar-refractivity contribution in [3.8, 4) is 6.26 Å². The second-order valence-corrected chi connectivity index (χ2v) is 4.03. The molecule has 14 heavy (non-hydrogen) atoms. The minimum Gasteiger partial charge on any atom is -0.443 e. The van der Waals surface area contributed by atoms with Crippen molar-refractivity contribution in [2.75, 3.05) is 21.1 Å². The molecule has 0 radical (unpaired) electrons. The van der Waals surface area contributed by atoms with Gasteiger partial charge >= 0.3 is 0 Å². The van der Waals surface area contributed by atoms with Gasteiger partial charge in [0.1, 0.15) is 6.54 Å². The second kappa shape index (κ2) is 6.01. The summed E-state index contributed by atoms with van der Waals surface area (Å²) >= 11 is 0. The summed E-state index contributed by atoms with van der Waals surface area (Å²) in [5.74, 6) is 0. The van der Waals surface area contributed by atoms with Gasteiger partial charge in [0.05, 0.1) is 21.1 Å². The normalized spacial score (nSPS) is 9.57. The van der Waals surface area contributed by atoms with Gasteiger partial charge in [0.2, 0.25) is 0 Å². The van der Waals surface area contributed by atoms with E-state index in [4.69, 9.17) is 10.4 Å². The lowest BCUT2D eigenvalue weighted by Gasteiger charge is -2.23. The fourth-order valence-corrected chi connectivity index (χ4v) is 1.13. The van der Waals surface area contributed by atoms with E-state index in [0.717, 1.165) is 17.3 Å². The number of aliphatic hydroxyl groups excluding tert-OH is 1. The Bertz CT molecular complexity index is 282. The quantitative estimate of drug-likeness (QED) is 0.574. The monoisotopic (exact) mass is 193 g/mol. The van der Waals surface area contributed by atoms with Gasteiger partial charge < -0.3 is 9.59 Å². The maximum absolute atomic E-state index is 6.88. The topological polar surface area (TPSA) is 44.0 Å². The van der Waals surface area contributed by atoms with Crippen molar-refractivity contribution in [1.29, 1.82) is 5.26 Å². The minimum atomic E-state index is 0.750. The van der Waals surface area contributed by atoms with Gasteiger partial charge in [-0.25, -0.2) is 0 Å². The summed E-state index contributed by atoms with van der Waals surface area (Å²) in [4.78, 5) is 0. The number of rotatable bonds is 2.